The van der Waals surface area contributed by atoms with Gasteiger partial charge in [-0.15, -0.1) is 0 Å². The van der Waals surface area contributed by atoms with E-state index in [0.717, 1.165) is 19.1 Å². The minimum Gasteiger partial charge on any atom is -0.381 e. The van der Waals surface area contributed by atoms with Gasteiger partial charge in [0.15, 0.2) is 10.8 Å². The zero-order chi connectivity index (χ0) is 15.1. The van der Waals surface area contributed by atoms with Crippen LogP contribution in [0.5, 0.6) is 0 Å². The van der Waals surface area contributed by atoms with Gasteiger partial charge >= 0.3 is 5.69 Å². The van der Waals surface area contributed by atoms with Gasteiger partial charge in [-0.3, -0.25) is 4.98 Å². The topological polar surface area (TPSA) is 83.7 Å². The molecule has 0 saturated carbocycles. The Morgan fingerprint density at radius 2 is 1.95 bits per heavy atom. The SMILES string of the molecule is CC.CC1CCOC1.O=c1[nH]c2nc(Cl)nc(Cl)c2[nH]1. The number of aromatic nitrogens is 4. The maximum Gasteiger partial charge on any atom is 0.325 e. The summed E-state index contributed by atoms with van der Waals surface area (Å²) in [5, 5.41) is 0.131. The average Bonchev–Trinajstić information content (AvgIpc) is 3.01. The van der Waals surface area contributed by atoms with Gasteiger partial charge in [0.05, 0.1) is 0 Å². The quantitative estimate of drug-likeness (QED) is 0.577. The van der Waals surface area contributed by atoms with Crippen molar-refractivity contribution in [3.8, 4) is 0 Å². The minimum atomic E-state index is -0.386. The summed E-state index contributed by atoms with van der Waals surface area (Å²) < 4.78 is 5.06. The van der Waals surface area contributed by atoms with Crippen LogP contribution in [0.15, 0.2) is 4.79 Å². The predicted molar refractivity (Wildman–Crippen MR) is 80.5 cm³/mol. The molecule has 0 aliphatic carbocycles. The molecule has 2 N–H and O–H groups in total. The van der Waals surface area contributed by atoms with Crippen molar-refractivity contribution >= 4 is 34.4 Å². The Labute approximate surface area is 126 Å². The van der Waals surface area contributed by atoms with Gasteiger partial charge in [-0.25, -0.2) is 9.78 Å². The summed E-state index contributed by atoms with van der Waals surface area (Å²) in [6.45, 7) is 8.19. The Hall–Kier alpha value is -1.11. The standard InChI is InChI=1S/C5H2Cl2N4O.C5H10O.C2H6/c6-2-1-3(10-4(7)9-2)11-5(12)8-1;1-5-2-3-6-4-5;1-2/h(H2,8,9,10,11,12);5H,2-4H2,1H3;1-2H3. The number of ether oxygens (including phenoxy) is 1. The molecule has 1 saturated heterocycles. The van der Waals surface area contributed by atoms with Crippen LogP contribution in [-0.4, -0.2) is 33.1 Å². The lowest BCUT2D eigenvalue weighted by Crippen LogP contribution is -1.99. The summed E-state index contributed by atoms with van der Waals surface area (Å²) in [4.78, 5) is 23.0. The number of hydrogen-bond donors (Lipinski definition) is 2. The van der Waals surface area contributed by atoms with Crippen molar-refractivity contribution in [3.63, 3.8) is 0 Å². The first-order chi connectivity index (χ1) is 9.56. The van der Waals surface area contributed by atoms with E-state index >= 15 is 0 Å². The highest BCUT2D eigenvalue weighted by molar-refractivity contribution is 6.35. The van der Waals surface area contributed by atoms with Gasteiger partial charge in [0.25, 0.3) is 0 Å². The van der Waals surface area contributed by atoms with Crippen LogP contribution in [0.25, 0.3) is 11.2 Å². The summed E-state index contributed by atoms with van der Waals surface area (Å²) in [6.07, 6.45) is 1.26. The molecule has 2 aromatic heterocycles. The zero-order valence-corrected chi connectivity index (χ0v) is 13.2. The van der Waals surface area contributed by atoms with Crippen molar-refractivity contribution < 1.29 is 4.74 Å². The van der Waals surface area contributed by atoms with Crippen molar-refractivity contribution in [3.05, 3.63) is 20.9 Å². The maximum absolute atomic E-state index is 10.8. The van der Waals surface area contributed by atoms with Gasteiger partial charge in [0, 0.05) is 13.2 Å². The molecule has 0 bridgehead atoms. The lowest BCUT2D eigenvalue weighted by molar-refractivity contribution is 0.188. The number of rotatable bonds is 0. The molecule has 6 nitrogen and oxygen atoms in total. The highest BCUT2D eigenvalue weighted by Gasteiger charge is 2.08. The Balaban J connectivity index is 0.000000211. The van der Waals surface area contributed by atoms with Crippen molar-refractivity contribution in [2.45, 2.75) is 27.2 Å². The molecule has 112 valence electrons. The fourth-order valence-corrected chi connectivity index (χ4v) is 1.94. The fraction of sp³-hybridized carbons (Fsp3) is 0.583. The maximum atomic E-state index is 10.8. The van der Waals surface area contributed by atoms with E-state index in [1.807, 2.05) is 13.8 Å². The second-order valence-electron chi connectivity index (χ2n) is 4.05. The summed E-state index contributed by atoms with van der Waals surface area (Å²) in [5.41, 5.74) is 0.291. The number of aromatic amines is 2. The largest absolute Gasteiger partial charge is 0.381 e. The molecule has 1 atom stereocenters. The van der Waals surface area contributed by atoms with Gasteiger partial charge in [-0.1, -0.05) is 32.4 Å². The van der Waals surface area contributed by atoms with Crippen LogP contribution in [0, 0.1) is 5.92 Å². The van der Waals surface area contributed by atoms with Crippen LogP contribution in [0.3, 0.4) is 0 Å². The van der Waals surface area contributed by atoms with Crippen LogP contribution >= 0.6 is 23.2 Å². The molecule has 0 amide bonds. The minimum absolute atomic E-state index is 0.00255. The Morgan fingerprint density at radius 3 is 2.45 bits per heavy atom. The molecule has 1 unspecified atom stereocenters. The van der Waals surface area contributed by atoms with Crippen LogP contribution < -0.4 is 5.69 Å². The molecule has 2 aromatic rings. The predicted octanol–water partition coefficient (Wildman–Crippen LogP) is 3.02. The molecule has 20 heavy (non-hydrogen) atoms. The molecule has 0 aromatic carbocycles. The first-order valence-corrected chi connectivity index (χ1v) is 7.20. The van der Waals surface area contributed by atoms with Gasteiger partial charge in [-0.2, -0.15) is 4.98 Å². The second kappa shape index (κ2) is 8.24. The lowest BCUT2D eigenvalue weighted by atomic mass is 10.2. The van der Waals surface area contributed by atoms with Gasteiger partial charge in [-0.05, 0) is 23.9 Å². The zero-order valence-electron chi connectivity index (χ0n) is 11.7. The van der Waals surface area contributed by atoms with E-state index in [0.29, 0.717) is 11.2 Å². The van der Waals surface area contributed by atoms with Crippen LogP contribution in [0.4, 0.5) is 0 Å². The summed E-state index contributed by atoms with van der Waals surface area (Å²) >= 11 is 11.1. The van der Waals surface area contributed by atoms with Gasteiger partial charge in [0.1, 0.15) is 5.52 Å². The number of imidazole rings is 1. The molecular weight excluding hydrogens is 303 g/mol. The van der Waals surface area contributed by atoms with Gasteiger partial charge in [0.2, 0.25) is 5.28 Å². The van der Waals surface area contributed by atoms with E-state index in [4.69, 9.17) is 27.9 Å². The molecule has 1 aliphatic rings. The number of nitrogens with one attached hydrogen (secondary N) is 2. The molecular formula is C12H18Cl2N4O2. The Kier molecular flexibility index (Phi) is 6.98. The summed E-state index contributed by atoms with van der Waals surface area (Å²) in [7, 11) is 0. The highest BCUT2D eigenvalue weighted by atomic mass is 35.5. The van der Waals surface area contributed by atoms with Crippen molar-refractivity contribution in [2.75, 3.05) is 13.2 Å². The van der Waals surface area contributed by atoms with Crippen molar-refractivity contribution in [1.29, 1.82) is 0 Å². The molecule has 1 aliphatic heterocycles. The molecule has 0 radical (unpaired) electrons. The number of hydrogen-bond acceptors (Lipinski definition) is 4. The van der Waals surface area contributed by atoms with Crippen LogP contribution in [0.2, 0.25) is 10.4 Å². The Bertz CT molecular complexity index is 591. The average molecular weight is 321 g/mol. The molecule has 0 spiro atoms. The van der Waals surface area contributed by atoms with Crippen molar-refractivity contribution in [2.24, 2.45) is 5.92 Å². The van der Waals surface area contributed by atoms with E-state index in [1.54, 1.807) is 0 Å². The van der Waals surface area contributed by atoms with E-state index in [1.165, 1.54) is 6.42 Å². The molecule has 3 rings (SSSR count). The third-order valence-electron chi connectivity index (χ3n) is 2.47. The smallest absolute Gasteiger partial charge is 0.325 e. The Morgan fingerprint density at radius 1 is 1.25 bits per heavy atom. The normalized spacial score (nSPS) is 17.1. The fourth-order valence-electron chi connectivity index (χ4n) is 1.51. The second-order valence-corrected chi connectivity index (χ2v) is 4.75. The summed E-state index contributed by atoms with van der Waals surface area (Å²) in [5.74, 6) is 0.824. The highest BCUT2D eigenvalue weighted by Crippen LogP contribution is 2.16. The third kappa shape index (κ3) is 4.77. The van der Waals surface area contributed by atoms with E-state index < -0.39 is 0 Å². The number of fused-ring (bicyclic) bond motifs is 1. The first kappa shape index (κ1) is 16.9. The van der Waals surface area contributed by atoms with E-state index in [2.05, 4.69) is 26.9 Å². The summed E-state index contributed by atoms with van der Waals surface area (Å²) in [6, 6.07) is 0. The van der Waals surface area contributed by atoms with Crippen LogP contribution in [0.1, 0.15) is 27.2 Å². The monoisotopic (exact) mass is 320 g/mol. The number of H-pyrrole nitrogens is 2. The lowest BCUT2D eigenvalue weighted by Gasteiger charge is -1.91. The third-order valence-corrected chi connectivity index (χ3v) is 2.91. The van der Waals surface area contributed by atoms with Crippen molar-refractivity contribution in [1.82, 2.24) is 19.9 Å². The van der Waals surface area contributed by atoms with E-state index in [-0.39, 0.29) is 16.1 Å². The first-order valence-electron chi connectivity index (χ1n) is 6.45. The molecule has 1 fully saturated rings. The number of nitrogens with zero attached hydrogens (tertiary/aromatic N) is 2. The van der Waals surface area contributed by atoms with Crippen LogP contribution in [-0.2, 0) is 4.74 Å². The van der Waals surface area contributed by atoms with E-state index in [9.17, 15) is 4.79 Å². The molecule has 3 heterocycles. The number of halogens is 2. The van der Waals surface area contributed by atoms with Gasteiger partial charge < -0.3 is 9.72 Å². The molecule has 8 heteroatoms.